The summed E-state index contributed by atoms with van der Waals surface area (Å²) >= 11 is 0. The van der Waals surface area contributed by atoms with Gasteiger partial charge in [0.15, 0.2) is 5.78 Å². The number of likely N-dealkylation sites (N-methyl/N-ethyl adjacent to an activating group) is 1. The number of para-hydroxylation sites is 1. The zero-order chi connectivity index (χ0) is 15.2. The van der Waals surface area contributed by atoms with Crippen molar-refractivity contribution in [2.75, 3.05) is 18.5 Å². The average molecular weight is 277 g/mol. The van der Waals surface area contributed by atoms with Crippen molar-refractivity contribution >= 4 is 11.5 Å². The summed E-state index contributed by atoms with van der Waals surface area (Å²) in [6.45, 7) is 2.45. The lowest BCUT2D eigenvalue weighted by molar-refractivity contribution is -0.117. The van der Waals surface area contributed by atoms with Gasteiger partial charge in [-0.25, -0.2) is 0 Å². The Balaban J connectivity index is 1.98. The zero-order valence-corrected chi connectivity index (χ0v) is 12.5. The van der Waals surface area contributed by atoms with Crippen LogP contribution in [0.3, 0.4) is 0 Å². The Labute approximate surface area is 126 Å². The number of carbonyl (C=O) groups excluding carboxylic acids is 1. The predicted molar refractivity (Wildman–Crippen MR) is 87.5 cm³/mol. The molecular formula is C19H19NO. The summed E-state index contributed by atoms with van der Waals surface area (Å²) in [5.74, 6) is 2.76. The molecule has 0 radical (unpaired) electrons. The topological polar surface area (TPSA) is 20.3 Å². The molecule has 2 rings (SSSR count). The third-order valence-electron chi connectivity index (χ3n) is 3.46. The van der Waals surface area contributed by atoms with Gasteiger partial charge < -0.3 is 4.90 Å². The predicted octanol–water partition coefficient (Wildman–Crippen LogP) is 3.22. The molecule has 0 atom stereocenters. The van der Waals surface area contributed by atoms with E-state index in [2.05, 4.69) is 18.9 Å². The molecule has 0 saturated heterocycles. The number of hydrogen-bond donors (Lipinski definition) is 0. The smallest absolute Gasteiger partial charge is 0.156 e. The standard InChI is InChI=1S/C19H19NO/c1-4-16-9-11-17(12-10-16)13-18(21)14-20(3)19-8-6-5-7-15(19)2/h1,5-12H,13-14H2,2-3H3. The van der Waals surface area contributed by atoms with E-state index in [9.17, 15) is 4.79 Å². The fraction of sp³-hybridized carbons (Fsp3) is 0.211. The van der Waals surface area contributed by atoms with Crippen LogP contribution in [0, 0.1) is 19.3 Å². The Morgan fingerprint density at radius 1 is 1.14 bits per heavy atom. The second-order valence-corrected chi connectivity index (χ2v) is 5.20. The molecule has 2 nitrogen and oxygen atoms in total. The first-order valence-corrected chi connectivity index (χ1v) is 6.94. The summed E-state index contributed by atoms with van der Waals surface area (Å²) < 4.78 is 0. The maximum Gasteiger partial charge on any atom is 0.156 e. The first-order chi connectivity index (χ1) is 10.1. The highest BCUT2D eigenvalue weighted by Crippen LogP contribution is 2.17. The molecule has 0 aromatic heterocycles. The van der Waals surface area contributed by atoms with Gasteiger partial charge in [-0.3, -0.25) is 4.79 Å². The quantitative estimate of drug-likeness (QED) is 0.782. The maximum absolute atomic E-state index is 12.2. The second-order valence-electron chi connectivity index (χ2n) is 5.20. The molecule has 2 heteroatoms. The molecule has 0 aliphatic heterocycles. The van der Waals surface area contributed by atoms with Gasteiger partial charge in [-0.05, 0) is 36.2 Å². The van der Waals surface area contributed by atoms with E-state index in [0.717, 1.165) is 16.8 Å². The van der Waals surface area contributed by atoms with E-state index in [0.29, 0.717) is 13.0 Å². The van der Waals surface area contributed by atoms with Crippen LogP contribution in [-0.2, 0) is 11.2 Å². The number of benzene rings is 2. The van der Waals surface area contributed by atoms with Crippen molar-refractivity contribution in [2.45, 2.75) is 13.3 Å². The largest absolute Gasteiger partial charge is 0.367 e. The van der Waals surface area contributed by atoms with Crippen molar-refractivity contribution in [3.8, 4) is 12.3 Å². The van der Waals surface area contributed by atoms with Crippen LogP contribution in [0.1, 0.15) is 16.7 Å². The molecule has 0 unspecified atom stereocenters. The molecule has 0 heterocycles. The van der Waals surface area contributed by atoms with E-state index in [4.69, 9.17) is 6.42 Å². The van der Waals surface area contributed by atoms with Crippen LogP contribution in [0.5, 0.6) is 0 Å². The summed E-state index contributed by atoms with van der Waals surface area (Å²) in [4.78, 5) is 14.2. The average Bonchev–Trinajstić information content (AvgIpc) is 2.48. The number of nitrogens with zero attached hydrogens (tertiary/aromatic N) is 1. The molecule has 2 aromatic carbocycles. The highest BCUT2D eigenvalue weighted by atomic mass is 16.1. The van der Waals surface area contributed by atoms with E-state index >= 15 is 0 Å². The minimum atomic E-state index is 0.189. The molecule has 0 saturated carbocycles. The Morgan fingerprint density at radius 3 is 2.43 bits per heavy atom. The van der Waals surface area contributed by atoms with Crippen molar-refractivity contribution in [3.05, 3.63) is 65.2 Å². The molecule has 0 aliphatic rings. The van der Waals surface area contributed by atoms with Gasteiger partial charge in [0.2, 0.25) is 0 Å². The number of aryl methyl sites for hydroxylation is 1. The highest BCUT2D eigenvalue weighted by Gasteiger charge is 2.10. The van der Waals surface area contributed by atoms with Gasteiger partial charge in [0.25, 0.3) is 0 Å². The molecule has 2 aromatic rings. The number of ketones is 1. The maximum atomic E-state index is 12.2. The zero-order valence-electron chi connectivity index (χ0n) is 12.5. The van der Waals surface area contributed by atoms with Crippen LogP contribution in [0.2, 0.25) is 0 Å². The van der Waals surface area contributed by atoms with Gasteiger partial charge in [0.1, 0.15) is 0 Å². The third kappa shape index (κ3) is 3.97. The monoisotopic (exact) mass is 277 g/mol. The number of rotatable bonds is 5. The Hall–Kier alpha value is -2.53. The number of hydrogen-bond acceptors (Lipinski definition) is 2. The van der Waals surface area contributed by atoms with Crippen LogP contribution >= 0.6 is 0 Å². The highest BCUT2D eigenvalue weighted by molar-refractivity contribution is 5.85. The molecular weight excluding hydrogens is 258 g/mol. The summed E-state index contributed by atoms with van der Waals surface area (Å²) in [6, 6.07) is 15.6. The SMILES string of the molecule is C#Cc1ccc(CC(=O)CN(C)c2ccccc2C)cc1. The van der Waals surface area contributed by atoms with Crippen molar-refractivity contribution < 1.29 is 4.79 Å². The summed E-state index contributed by atoms with van der Waals surface area (Å²) in [5, 5.41) is 0. The molecule has 0 spiro atoms. The van der Waals surface area contributed by atoms with Crippen LogP contribution < -0.4 is 4.90 Å². The van der Waals surface area contributed by atoms with E-state index in [1.54, 1.807) is 0 Å². The van der Waals surface area contributed by atoms with Crippen molar-refractivity contribution in [3.63, 3.8) is 0 Å². The van der Waals surface area contributed by atoms with Gasteiger partial charge >= 0.3 is 0 Å². The molecule has 0 N–H and O–H groups in total. The lowest BCUT2D eigenvalue weighted by atomic mass is 10.1. The van der Waals surface area contributed by atoms with Crippen LogP contribution in [-0.4, -0.2) is 19.4 Å². The Kier molecular flexibility index (Phi) is 4.79. The van der Waals surface area contributed by atoms with Gasteiger partial charge in [-0.15, -0.1) is 6.42 Å². The molecule has 0 bridgehead atoms. The van der Waals surface area contributed by atoms with Crippen molar-refractivity contribution in [1.29, 1.82) is 0 Å². The van der Waals surface area contributed by atoms with Crippen molar-refractivity contribution in [1.82, 2.24) is 0 Å². The Morgan fingerprint density at radius 2 is 1.81 bits per heavy atom. The number of carbonyl (C=O) groups is 1. The van der Waals surface area contributed by atoms with E-state index in [1.807, 2.05) is 54.4 Å². The Bertz CT molecular complexity index is 665. The van der Waals surface area contributed by atoms with Gasteiger partial charge in [-0.2, -0.15) is 0 Å². The molecule has 0 fully saturated rings. The van der Waals surface area contributed by atoms with Gasteiger partial charge in [-0.1, -0.05) is 36.3 Å². The fourth-order valence-electron chi connectivity index (χ4n) is 2.34. The van der Waals surface area contributed by atoms with Gasteiger partial charge in [0, 0.05) is 24.7 Å². The fourth-order valence-corrected chi connectivity index (χ4v) is 2.34. The molecule has 21 heavy (non-hydrogen) atoms. The number of Topliss-reactive ketones (excluding diaryl/α,β-unsaturated/α-hetero) is 1. The second kappa shape index (κ2) is 6.76. The minimum absolute atomic E-state index is 0.189. The van der Waals surface area contributed by atoms with E-state index < -0.39 is 0 Å². The lowest BCUT2D eigenvalue weighted by Gasteiger charge is -2.20. The normalized spacial score (nSPS) is 9.95. The van der Waals surface area contributed by atoms with Crippen LogP contribution in [0.4, 0.5) is 5.69 Å². The third-order valence-corrected chi connectivity index (χ3v) is 3.46. The van der Waals surface area contributed by atoms with E-state index in [-0.39, 0.29) is 5.78 Å². The molecule has 0 aliphatic carbocycles. The number of anilines is 1. The lowest BCUT2D eigenvalue weighted by Crippen LogP contribution is -2.27. The summed E-state index contributed by atoms with van der Waals surface area (Å²) in [7, 11) is 1.95. The van der Waals surface area contributed by atoms with Crippen molar-refractivity contribution in [2.24, 2.45) is 0 Å². The van der Waals surface area contributed by atoms with E-state index in [1.165, 1.54) is 5.56 Å². The minimum Gasteiger partial charge on any atom is -0.367 e. The summed E-state index contributed by atoms with van der Waals surface area (Å²) in [6.07, 6.45) is 5.75. The van der Waals surface area contributed by atoms with Gasteiger partial charge in [0.05, 0.1) is 6.54 Å². The molecule has 106 valence electrons. The first-order valence-electron chi connectivity index (χ1n) is 6.94. The van der Waals surface area contributed by atoms with Crippen LogP contribution in [0.25, 0.3) is 0 Å². The first kappa shape index (κ1) is 14.9. The number of terminal acetylenes is 1. The van der Waals surface area contributed by atoms with Crippen LogP contribution in [0.15, 0.2) is 48.5 Å². The summed E-state index contributed by atoms with van der Waals surface area (Å²) in [5.41, 5.74) is 4.10. The molecule has 0 amide bonds.